The van der Waals surface area contributed by atoms with E-state index >= 15 is 0 Å². The van der Waals surface area contributed by atoms with Gasteiger partial charge in [0.2, 0.25) is 0 Å². The second-order valence-corrected chi connectivity index (χ2v) is 6.23. The van der Waals surface area contributed by atoms with E-state index in [0.29, 0.717) is 24.2 Å². The number of ketones is 1. The van der Waals surface area contributed by atoms with Gasteiger partial charge in [-0.05, 0) is 67.9 Å². The van der Waals surface area contributed by atoms with E-state index in [1.54, 1.807) is 0 Å². The van der Waals surface area contributed by atoms with Gasteiger partial charge in [0.15, 0.2) is 5.78 Å². The van der Waals surface area contributed by atoms with Crippen LogP contribution in [0.15, 0.2) is 29.8 Å². The second-order valence-electron chi connectivity index (χ2n) is 6.23. The summed E-state index contributed by atoms with van der Waals surface area (Å²) in [4.78, 5) is 12.6. The maximum Gasteiger partial charge on any atom is 0.162 e. The minimum Gasteiger partial charge on any atom is -0.494 e. The van der Waals surface area contributed by atoms with Crippen molar-refractivity contribution in [1.82, 2.24) is 0 Å². The Morgan fingerprint density at radius 2 is 1.86 bits per heavy atom. The summed E-state index contributed by atoms with van der Waals surface area (Å²) in [6, 6.07) is 8.02. The number of Topliss-reactive ketones (excluding diaryl/α,β-unsaturated/α-hetero) is 1. The van der Waals surface area contributed by atoms with Gasteiger partial charge >= 0.3 is 0 Å². The average molecular weight is 284 g/mol. The highest BCUT2D eigenvalue weighted by Crippen LogP contribution is 2.40. The van der Waals surface area contributed by atoms with Crippen molar-refractivity contribution >= 4 is 11.9 Å². The normalized spacial score (nSPS) is 24.9. The number of hydrogen-bond acceptors (Lipinski definition) is 2. The van der Waals surface area contributed by atoms with Gasteiger partial charge < -0.3 is 4.74 Å². The molecule has 2 aliphatic carbocycles. The van der Waals surface area contributed by atoms with E-state index in [1.165, 1.54) is 25.7 Å². The van der Waals surface area contributed by atoms with Crippen LogP contribution in [0.4, 0.5) is 0 Å². The molecule has 1 aromatic rings. The lowest BCUT2D eigenvalue weighted by Crippen LogP contribution is -2.16. The topological polar surface area (TPSA) is 26.3 Å². The van der Waals surface area contributed by atoms with Crippen LogP contribution in [0, 0.1) is 11.8 Å². The lowest BCUT2D eigenvalue weighted by molar-refractivity contribution is -0.119. The SMILES string of the molecule is CCOc1ccc(/C=C2\CC[C@@H](C3CCCC3)C2=O)cc1. The number of hydrogen-bond donors (Lipinski definition) is 0. The molecule has 0 radical (unpaired) electrons. The summed E-state index contributed by atoms with van der Waals surface area (Å²) in [5, 5.41) is 0. The number of rotatable bonds is 4. The summed E-state index contributed by atoms with van der Waals surface area (Å²) >= 11 is 0. The highest BCUT2D eigenvalue weighted by molar-refractivity contribution is 6.03. The lowest BCUT2D eigenvalue weighted by Gasteiger charge is -2.15. The number of benzene rings is 1. The quantitative estimate of drug-likeness (QED) is 0.753. The maximum absolute atomic E-state index is 12.6. The van der Waals surface area contributed by atoms with Crippen molar-refractivity contribution in [3.05, 3.63) is 35.4 Å². The molecule has 0 aliphatic heterocycles. The molecule has 0 amide bonds. The van der Waals surface area contributed by atoms with E-state index in [-0.39, 0.29) is 0 Å². The van der Waals surface area contributed by atoms with Gasteiger partial charge in [0.05, 0.1) is 6.61 Å². The first-order chi connectivity index (χ1) is 10.3. The zero-order valence-electron chi connectivity index (χ0n) is 12.8. The van der Waals surface area contributed by atoms with Gasteiger partial charge in [-0.3, -0.25) is 4.79 Å². The molecule has 1 atom stereocenters. The fraction of sp³-hybridized carbons (Fsp3) is 0.526. The molecule has 0 heterocycles. The van der Waals surface area contributed by atoms with E-state index in [0.717, 1.165) is 29.7 Å². The van der Waals surface area contributed by atoms with Crippen LogP contribution in [0.25, 0.3) is 6.08 Å². The molecule has 2 heteroatoms. The van der Waals surface area contributed by atoms with Crippen LogP contribution in [0.3, 0.4) is 0 Å². The minimum atomic E-state index is 0.307. The Morgan fingerprint density at radius 3 is 2.52 bits per heavy atom. The van der Waals surface area contributed by atoms with Crippen molar-refractivity contribution in [3.8, 4) is 5.75 Å². The van der Waals surface area contributed by atoms with Crippen LogP contribution < -0.4 is 4.74 Å². The first-order valence-corrected chi connectivity index (χ1v) is 8.25. The van der Waals surface area contributed by atoms with E-state index in [9.17, 15) is 4.79 Å². The van der Waals surface area contributed by atoms with Crippen molar-refractivity contribution in [3.63, 3.8) is 0 Å². The third-order valence-corrected chi connectivity index (χ3v) is 4.88. The minimum absolute atomic E-state index is 0.307. The number of allylic oxidation sites excluding steroid dienone is 1. The van der Waals surface area contributed by atoms with Crippen LogP contribution >= 0.6 is 0 Å². The summed E-state index contributed by atoms with van der Waals surface area (Å²) in [7, 11) is 0. The molecule has 2 saturated carbocycles. The van der Waals surface area contributed by atoms with Crippen LogP contribution in [0.5, 0.6) is 5.75 Å². The zero-order chi connectivity index (χ0) is 14.7. The molecule has 21 heavy (non-hydrogen) atoms. The molecule has 0 N–H and O–H groups in total. The van der Waals surface area contributed by atoms with E-state index in [1.807, 2.05) is 31.2 Å². The fourth-order valence-corrected chi connectivity index (χ4v) is 3.78. The highest BCUT2D eigenvalue weighted by Gasteiger charge is 2.36. The fourth-order valence-electron chi connectivity index (χ4n) is 3.78. The molecular weight excluding hydrogens is 260 g/mol. The molecule has 0 saturated heterocycles. The van der Waals surface area contributed by atoms with E-state index in [2.05, 4.69) is 6.08 Å². The molecule has 1 aromatic carbocycles. The first-order valence-electron chi connectivity index (χ1n) is 8.25. The van der Waals surface area contributed by atoms with Crippen molar-refractivity contribution in [1.29, 1.82) is 0 Å². The lowest BCUT2D eigenvalue weighted by atomic mass is 9.88. The molecule has 0 spiro atoms. The predicted molar refractivity (Wildman–Crippen MR) is 85.3 cm³/mol. The van der Waals surface area contributed by atoms with E-state index in [4.69, 9.17) is 4.74 Å². The summed E-state index contributed by atoms with van der Waals surface area (Å²) in [6.07, 6.45) is 9.23. The van der Waals surface area contributed by atoms with Crippen LogP contribution in [0.2, 0.25) is 0 Å². The maximum atomic E-state index is 12.6. The Morgan fingerprint density at radius 1 is 1.14 bits per heavy atom. The third kappa shape index (κ3) is 3.20. The van der Waals surface area contributed by atoms with Crippen molar-refractivity contribution in [2.24, 2.45) is 11.8 Å². The molecule has 0 bridgehead atoms. The predicted octanol–water partition coefficient (Wildman–Crippen LogP) is 4.64. The summed E-state index contributed by atoms with van der Waals surface area (Å²) in [6.45, 7) is 2.66. The first kappa shape index (κ1) is 14.4. The second kappa shape index (κ2) is 6.46. The molecule has 3 rings (SSSR count). The van der Waals surface area contributed by atoms with Gasteiger partial charge in [-0.1, -0.05) is 25.0 Å². The van der Waals surface area contributed by atoms with Crippen molar-refractivity contribution in [2.75, 3.05) is 6.61 Å². The Kier molecular flexibility index (Phi) is 4.42. The van der Waals surface area contributed by atoms with Crippen LogP contribution in [0.1, 0.15) is 51.0 Å². The van der Waals surface area contributed by atoms with Crippen molar-refractivity contribution < 1.29 is 9.53 Å². The largest absolute Gasteiger partial charge is 0.494 e. The number of carbonyl (C=O) groups is 1. The average Bonchev–Trinajstić information content (AvgIpc) is 3.12. The standard InChI is InChI=1S/C19H24O2/c1-2-21-17-10-7-14(8-11-17)13-16-9-12-18(19(16)20)15-5-3-4-6-15/h7-8,10-11,13,15,18H,2-6,9,12H2,1H3/b16-13+/t18-/m0/s1. The Hall–Kier alpha value is -1.57. The van der Waals surface area contributed by atoms with Gasteiger partial charge in [-0.15, -0.1) is 0 Å². The Bertz CT molecular complexity index is 521. The van der Waals surface area contributed by atoms with Crippen molar-refractivity contribution in [2.45, 2.75) is 45.4 Å². The molecule has 2 nitrogen and oxygen atoms in total. The summed E-state index contributed by atoms with van der Waals surface area (Å²) < 4.78 is 5.45. The molecule has 2 aliphatic rings. The van der Waals surface area contributed by atoms with Gasteiger partial charge in [-0.25, -0.2) is 0 Å². The van der Waals surface area contributed by atoms with Gasteiger partial charge in [0, 0.05) is 5.92 Å². The molecule has 2 fully saturated rings. The van der Waals surface area contributed by atoms with E-state index < -0.39 is 0 Å². The zero-order valence-corrected chi connectivity index (χ0v) is 12.8. The van der Waals surface area contributed by atoms with Gasteiger partial charge in [0.25, 0.3) is 0 Å². The summed E-state index contributed by atoms with van der Waals surface area (Å²) in [5.74, 6) is 2.27. The number of carbonyl (C=O) groups excluding carboxylic acids is 1. The van der Waals surface area contributed by atoms with Crippen LogP contribution in [-0.2, 0) is 4.79 Å². The van der Waals surface area contributed by atoms with Crippen LogP contribution in [-0.4, -0.2) is 12.4 Å². The Labute approximate surface area is 127 Å². The monoisotopic (exact) mass is 284 g/mol. The third-order valence-electron chi connectivity index (χ3n) is 4.88. The smallest absolute Gasteiger partial charge is 0.162 e. The number of ether oxygens (including phenoxy) is 1. The highest BCUT2D eigenvalue weighted by atomic mass is 16.5. The van der Waals surface area contributed by atoms with Gasteiger partial charge in [0.1, 0.15) is 5.75 Å². The molecular formula is C19H24O2. The Balaban J connectivity index is 1.70. The molecule has 112 valence electrons. The molecule has 0 unspecified atom stereocenters. The summed E-state index contributed by atoms with van der Waals surface area (Å²) in [5.41, 5.74) is 2.13. The molecule has 0 aromatic heterocycles. The van der Waals surface area contributed by atoms with Gasteiger partial charge in [-0.2, -0.15) is 0 Å².